The minimum Gasteiger partial charge on any atom is -0.327 e. The normalized spacial score (nSPS) is 16.3. The van der Waals surface area contributed by atoms with Gasteiger partial charge in [-0.15, -0.1) is 0 Å². The lowest BCUT2D eigenvalue weighted by Gasteiger charge is -2.19. The summed E-state index contributed by atoms with van der Waals surface area (Å²) in [7, 11) is 0. The van der Waals surface area contributed by atoms with Crippen LogP contribution in [0.3, 0.4) is 0 Å². The zero-order chi connectivity index (χ0) is 13.2. The van der Waals surface area contributed by atoms with Crippen LogP contribution in [0.1, 0.15) is 16.7 Å². The van der Waals surface area contributed by atoms with Gasteiger partial charge in [-0.25, -0.2) is 0 Å². The molecule has 3 rings (SSSR count). The Labute approximate surface area is 128 Å². The molecule has 0 heterocycles. The van der Waals surface area contributed by atoms with Crippen LogP contribution in [0, 0.1) is 9.49 Å². The highest BCUT2D eigenvalue weighted by molar-refractivity contribution is 14.1. The van der Waals surface area contributed by atoms with Gasteiger partial charge in [0.2, 0.25) is 0 Å². The van der Waals surface area contributed by atoms with E-state index in [1.807, 2.05) is 0 Å². The molecule has 0 aliphatic heterocycles. The van der Waals surface area contributed by atoms with Crippen LogP contribution in [0.15, 0.2) is 48.5 Å². The highest BCUT2D eigenvalue weighted by atomic mass is 127. The van der Waals surface area contributed by atoms with Crippen LogP contribution in [0.25, 0.3) is 0 Å². The maximum absolute atomic E-state index is 6.43. The van der Waals surface area contributed by atoms with Crippen molar-refractivity contribution < 1.29 is 0 Å². The first-order valence-electron chi connectivity index (χ1n) is 6.79. The minimum absolute atomic E-state index is 0.257. The lowest BCUT2D eigenvalue weighted by molar-refractivity contribution is 0.437. The van der Waals surface area contributed by atoms with Crippen LogP contribution in [0.5, 0.6) is 0 Å². The highest BCUT2D eigenvalue weighted by Gasteiger charge is 2.26. The molecular weight excluding hydrogens is 345 g/mol. The zero-order valence-electron chi connectivity index (χ0n) is 10.9. The number of halogens is 1. The molecule has 0 saturated carbocycles. The van der Waals surface area contributed by atoms with Crippen LogP contribution in [-0.2, 0) is 19.3 Å². The summed E-state index contributed by atoms with van der Waals surface area (Å²) in [4.78, 5) is 0. The maximum atomic E-state index is 6.43. The number of benzene rings is 2. The summed E-state index contributed by atoms with van der Waals surface area (Å²) in [5, 5.41) is 0. The SMILES string of the molecule is NC(Cc1ccc(I)cc1)C1Cc2ccccc2C1. The molecule has 1 unspecified atom stereocenters. The third-order valence-electron chi connectivity index (χ3n) is 4.07. The highest BCUT2D eigenvalue weighted by Crippen LogP contribution is 2.29. The Morgan fingerprint density at radius 3 is 2.16 bits per heavy atom. The van der Waals surface area contributed by atoms with Crippen molar-refractivity contribution in [2.75, 3.05) is 0 Å². The summed E-state index contributed by atoms with van der Waals surface area (Å²) in [6.07, 6.45) is 3.26. The number of nitrogens with two attached hydrogens (primary N) is 1. The van der Waals surface area contributed by atoms with Gasteiger partial charge in [0.15, 0.2) is 0 Å². The summed E-state index contributed by atoms with van der Waals surface area (Å²) in [6, 6.07) is 17.7. The molecule has 2 aromatic carbocycles. The second kappa shape index (κ2) is 5.63. The van der Waals surface area contributed by atoms with Gasteiger partial charge in [0.1, 0.15) is 0 Å². The Kier molecular flexibility index (Phi) is 3.89. The smallest absolute Gasteiger partial charge is 0.0130 e. The number of fused-ring (bicyclic) bond motifs is 1. The van der Waals surface area contributed by atoms with Crippen molar-refractivity contribution in [3.05, 3.63) is 68.8 Å². The van der Waals surface area contributed by atoms with Crippen LogP contribution >= 0.6 is 22.6 Å². The molecular formula is C17H18IN. The van der Waals surface area contributed by atoms with Crippen molar-refractivity contribution in [2.24, 2.45) is 11.7 Å². The first-order chi connectivity index (χ1) is 9.22. The molecule has 2 N–H and O–H groups in total. The second-order valence-corrected chi connectivity index (χ2v) is 6.68. The van der Waals surface area contributed by atoms with Crippen molar-refractivity contribution in [3.8, 4) is 0 Å². The molecule has 98 valence electrons. The Hall–Kier alpha value is -0.870. The van der Waals surface area contributed by atoms with Gasteiger partial charge in [0.05, 0.1) is 0 Å². The van der Waals surface area contributed by atoms with E-state index >= 15 is 0 Å². The third kappa shape index (κ3) is 3.00. The number of hydrogen-bond acceptors (Lipinski definition) is 1. The quantitative estimate of drug-likeness (QED) is 0.829. The topological polar surface area (TPSA) is 26.0 Å². The van der Waals surface area contributed by atoms with Crippen LogP contribution in [0.4, 0.5) is 0 Å². The molecule has 1 atom stereocenters. The lowest BCUT2D eigenvalue weighted by Crippen LogP contribution is -2.32. The van der Waals surface area contributed by atoms with Crippen LogP contribution in [0.2, 0.25) is 0 Å². The van der Waals surface area contributed by atoms with E-state index in [-0.39, 0.29) is 6.04 Å². The molecule has 0 amide bonds. The summed E-state index contributed by atoms with van der Waals surface area (Å²) in [6.45, 7) is 0. The summed E-state index contributed by atoms with van der Waals surface area (Å²) >= 11 is 2.34. The molecule has 19 heavy (non-hydrogen) atoms. The summed E-state index contributed by atoms with van der Waals surface area (Å²) in [5.74, 6) is 0.594. The standard InChI is InChI=1S/C17H18IN/c18-16-7-5-12(6-8-16)9-17(19)15-10-13-3-1-2-4-14(13)11-15/h1-8,15,17H,9-11,19H2. The number of hydrogen-bond donors (Lipinski definition) is 1. The fourth-order valence-electron chi connectivity index (χ4n) is 2.95. The van der Waals surface area contributed by atoms with Crippen molar-refractivity contribution in [1.29, 1.82) is 0 Å². The summed E-state index contributed by atoms with van der Waals surface area (Å²) in [5.41, 5.74) is 10.8. The van der Waals surface area contributed by atoms with Crippen molar-refractivity contribution in [3.63, 3.8) is 0 Å². The van der Waals surface area contributed by atoms with Crippen LogP contribution < -0.4 is 5.73 Å². The predicted molar refractivity (Wildman–Crippen MR) is 88.2 cm³/mol. The molecule has 2 aromatic rings. The lowest BCUT2D eigenvalue weighted by atomic mass is 9.92. The van der Waals surface area contributed by atoms with Gasteiger partial charge in [0, 0.05) is 9.61 Å². The monoisotopic (exact) mass is 363 g/mol. The van der Waals surface area contributed by atoms with Gasteiger partial charge >= 0.3 is 0 Å². The average Bonchev–Trinajstić information content (AvgIpc) is 2.85. The Bertz CT molecular complexity index is 537. The van der Waals surface area contributed by atoms with Gasteiger partial charge in [-0.3, -0.25) is 0 Å². The Balaban J connectivity index is 1.66. The largest absolute Gasteiger partial charge is 0.327 e. The fraction of sp³-hybridized carbons (Fsp3) is 0.294. The summed E-state index contributed by atoms with van der Waals surface area (Å²) < 4.78 is 1.28. The van der Waals surface area contributed by atoms with E-state index in [1.165, 1.54) is 20.3 Å². The van der Waals surface area contributed by atoms with Crippen molar-refractivity contribution in [1.82, 2.24) is 0 Å². The molecule has 1 aliphatic carbocycles. The Morgan fingerprint density at radius 2 is 1.58 bits per heavy atom. The van der Waals surface area contributed by atoms with E-state index in [2.05, 4.69) is 71.1 Å². The maximum Gasteiger partial charge on any atom is 0.0130 e. The first-order valence-corrected chi connectivity index (χ1v) is 7.87. The third-order valence-corrected chi connectivity index (χ3v) is 4.79. The number of rotatable bonds is 3. The molecule has 0 spiro atoms. The van der Waals surface area contributed by atoms with Gasteiger partial charge < -0.3 is 5.73 Å². The van der Waals surface area contributed by atoms with E-state index in [1.54, 1.807) is 0 Å². The predicted octanol–water partition coefficient (Wildman–Crippen LogP) is 3.58. The van der Waals surface area contributed by atoms with Crippen molar-refractivity contribution >= 4 is 22.6 Å². The van der Waals surface area contributed by atoms with E-state index in [0.29, 0.717) is 5.92 Å². The van der Waals surface area contributed by atoms with Crippen LogP contribution in [-0.4, -0.2) is 6.04 Å². The first kappa shape index (κ1) is 13.1. The van der Waals surface area contributed by atoms with E-state index in [9.17, 15) is 0 Å². The van der Waals surface area contributed by atoms with Gasteiger partial charge in [-0.05, 0) is 76.6 Å². The van der Waals surface area contributed by atoms with E-state index in [4.69, 9.17) is 5.73 Å². The van der Waals surface area contributed by atoms with Crippen molar-refractivity contribution in [2.45, 2.75) is 25.3 Å². The van der Waals surface area contributed by atoms with E-state index in [0.717, 1.165) is 19.3 Å². The molecule has 1 nitrogen and oxygen atoms in total. The average molecular weight is 363 g/mol. The minimum atomic E-state index is 0.257. The van der Waals surface area contributed by atoms with Gasteiger partial charge in [-0.2, -0.15) is 0 Å². The fourth-order valence-corrected chi connectivity index (χ4v) is 3.31. The van der Waals surface area contributed by atoms with Gasteiger partial charge in [-0.1, -0.05) is 36.4 Å². The molecule has 0 saturated heterocycles. The van der Waals surface area contributed by atoms with E-state index < -0.39 is 0 Å². The molecule has 2 heteroatoms. The van der Waals surface area contributed by atoms with Gasteiger partial charge in [0.25, 0.3) is 0 Å². The molecule has 1 aliphatic rings. The second-order valence-electron chi connectivity index (χ2n) is 5.43. The molecule has 0 radical (unpaired) electrons. The molecule has 0 fully saturated rings. The molecule has 0 aromatic heterocycles. The molecule has 0 bridgehead atoms. The Morgan fingerprint density at radius 1 is 1.00 bits per heavy atom. The zero-order valence-corrected chi connectivity index (χ0v) is 13.0.